The van der Waals surface area contributed by atoms with E-state index in [0.29, 0.717) is 23.4 Å². The summed E-state index contributed by atoms with van der Waals surface area (Å²) in [4.78, 5) is 54.6. The molecule has 35 heavy (non-hydrogen) atoms. The summed E-state index contributed by atoms with van der Waals surface area (Å²) in [6.45, 7) is -0.00958. The maximum atomic E-state index is 12.6. The van der Waals surface area contributed by atoms with Gasteiger partial charge in [0.05, 0.1) is 22.4 Å². The molecule has 8 nitrogen and oxygen atoms in total. The van der Waals surface area contributed by atoms with Gasteiger partial charge in [0, 0.05) is 33.4 Å². The number of amides is 3. The zero-order chi connectivity index (χ0) is 25.1. The van der Waals surface area contributed by atoms with Gasteiger partial charge in [0.2, 0.25) is 0 Å². The third-order valence-electron chi connectivity index (χ3n) is 5.78. The standard InChI is InChI=1S/C27H25N3O5/c1-28(2)20-12-8-18(9-13-20)16-29(3)24(31)17-35-27(34)19-10-14-21(15-11-19)30-25(32)22-6-4-5-7-23(22)26(30)33/h4-15H,16-17H2,1-3H3. The molecule has 178 valence electrons. The lowest BCUT2D eigenvalue weighted by Crippen LogP contribution is -2.31. The Hall–Kier alpha value is -4.46. The van der Waals surface area contributed by atoms with Crippen molar-refractivity contribution in [3.8, 4) is 0 Å². The van der Waals surface area contributed by atoms with Gasteiger partial charge in [-0.2, -0.15) is 0 Å². The highest BCUT2D eigenvalue weighted by Crippen LogP contribution is 2.28. The van der Waals surface area contributed by atoms with E-state index in [1.807, 2.05) is 43.3 Å². The van der Waals surface area contributed by atoms with E-state index < -0.39 is 24.4 Å². The fourth-order valence-electron chi connectivity index (χ4n) is 3.75. The number of anilines is 2. The zero-order valence-electron chi connectivity index (χ0n) is 19.7. The molecule has 0 aliphatic carbocycles. The van der Waals surface area contributed by atoms with E-state index in [-0.39, 0.29) is 11.5 Å². The lowest BCUT2D eigenvalue weighted by molar-refractivity contribution is -0.133. The van der Waals surface area contributed by atoms with Crippen LogP contribution in [0.15, 0.2) is 72.8 Å². The first-order valence-electron chi connectivity index (χ1n) is 11.0. The summed E-state index contributed by atoms with van der Waals surface area (Å²) in [6.07, 6.45) is 0. The second kappa shape index (κ2) is 9.80. The molecule has 0 N–H and O–H groups in total. The molecule has 8 heteroatoms. The summed E-state index contributed by atoms with van der Waals surface area (Å²) in [5.41, 5.74) is 3.27. The lowest BCUT2D eigenvalue weighted by atomic mass is 10.1. The van der Waals surface area contributed by atoms with Gasteiger partial charge in [0.1, 0.15) is 0 Å². The molecule has 1 aliphatic heterocycles. The number of hydrogen-bond acceptors (Lipinski definition) is 6. The highest BCUT2D eigenvalue weighted by molar-refractivity contribution is 6.34. The normalized spacial score (nSPS) is 12.4. The Kier molecular flexibility index (Phi) is 6.64. The van der Waals surface area contributed by atoms with Crippen molar-refractivity contribution in [3.05, 3.63) is 95.1 Å². The topological polar surface area (TPSA) is 87.2 Å². The van der Waals surface area contributed by atoms with E-state index in [2.05, 4.69) is 0 Å². The van der Waals surface area contributed by atoms with E-state index >= 15 is 0 Å². The van der Waals surface area contributed by atoms with E-state index in [4.69, 9.17) is 4.74 Å². The molecular weight excluding hydrogens is 446 g/mol. The van der Waals surface area contributed by atoms with Gasteiger partial charge in [-0.05, 0) is 54.1 Å². The third kappa shape index (κ3) is 4.91. The number of rotatable bonds is 7. The van der Waals surface area contributed by atoms with Crippen molar-refractivity contribution < 1.29 is 23.9 Å². The van der Waals surface area contributed by atoms with E-state index in [1.54, 1.807) is 31.3 Å². The van der Waals surface area contributed by atoms with E-state index in [1.165, 1.54) is 29.2 Å². The van der Waals surface area contributed by atoms with Crippen molar-refractivity contribution in [3.63, 3.8) is 0 Å². The van der Waals surface area contributed by atoms with Crippen LogP contribution in [0.5, 0.6) is 0 Å². The summed E-state index contributed by atoms with van der Waals surface area (Å²) >= 11 is 0. The van der Waals surface area contributed by atoms with Crippen molar-refractivity contribution >= 4 is 35.1 Å². The third-order valence-corrected chi connectivity index (χ3v) is 5.78. The van der Waals surface area contributed by atoms with Gasteiger partial charge in [-0.25, -0.2) is 9.69 Å². The average molecular weight is 472 g/mol. The highest BCUT2D eigenvalue weighted by atomic mass is 16.5. The number of likely N-dealkylation sites (N-methyl/N-ethyl adjacent to an activating group) is 1. The second-order valence-corrected chi connectivity index (χ2v) is 8.42. The Morgan fingerprint density at radius 1 is 0.800 bits per heavy atom. The van der Waals surface area contributed by atoms with E-state index in [0.717, 1.165) is 16.2 Å². The second-order valence-electron chi connectivity index (χ2n) is 8.42. The van der Waals surface area contributed by atoms with Crippen LogP contribution in [0.4, 0.5) is 11.4 Å². The fraction of sp³-hybridized carbons (Fsp3) is 0.185. The van der Waals surface area contributed by atoms with Gasteiger partial charge in [-0.1, -0.05) is 24.3 Å². The van der Waals surface area contributed by atoms with Crippen molar-refractivity contribution in [2.75, 3.05) is 37.5 Å². The Bertz CT molecular complexity index is 1250. The molecule has 0 fully saturated rings. The van der Waals surface area contributed by atoms with Crippen LogP contribution in [-0.2, 0) is 16.1 Å². The number of imide groups is 1. The molecule has 1 heterocycles. The minimum Gasteiger partial charge on any atom is -0.452 e. The molecule has 0 atom stereocenters. The molecule has 3 aromatic carbocycles. The molecular formula is C27H25N3O5. The molecule has 0 unspecified atom stereocenters. The Labute approximate surface area is 203 Å². The summed E-state index contributed by atoms with van der Waals surface area (Å²) < 4.78 is 5.17. The number of benzene rings is 3. The molecule has 1 aliphatic rings. The molecule has 0 spiro atoms. The minimum atomic E-state index is -0.670. The predicted molar refractivity (Wildman–Crippen MR) is 132 cm³/mol. The quantitative estimate of drug-likeness (QED) is 0.388. The number of ether oxygens (including phenoxy) is 1. The molecule has 4 rings (SSSR count). The maximum Gasteiger partial charge on any atom is 0.338 e. The molecule has 0 radical (unpaired) electrons. The number of esters is 1. The Balaban J connectivity index is 1.33. The SMILES string of the molecule is CN(Cc1ccc(N(C)C)cc1)C(=O)COC(=O)c1ccc(N2C(=O)c3ccccc3C2=O)cc1. The van der Waals surface area contributed by atoms with Crippen LogP contribution >= 0.6 is 0 Å². The molecule has 0 saturated heterocycles. The first-order valence-corrected chi connectivity index (χ1v) is 11.0. The predicted octanol–water partition coefficient (Wildman–Crippen LogP) is 3.37. The van der Waals surface area contributed by atoms with Gasteiger partial charge < -0.3 is 14.5 Å². The molecule has 3 aromatic rings. The van der Waals surface area contributed by atoms with Crippen molar-refractivity contribution in [1.29, 1.82) is 0 Å². The van der Waals surface area contributed by atoms with Crippen LogP contribution in [-0.4, -0.2) is 56.3 Å². The first-order chi connectivity index (χ1) is 16.8. The van der Waals surface area contributed by atoms with Gasteiger partial charge in [-0.15, -0.1) is 0 Å². The van der Waals surface area contributed by atoms with Crippen LogP contribution in [0.1, 0.15) is 36.6 Å². The van der Waals surface area contributed by atoms with Gasteiger partial charge in [0.25, 0.3) is 17.7 Å². The smallest absolute Gasteiger partial charge is 0.338 e. The number of carbonyl (C=O) groups excluding carboxylic acids is 4. The van der Waals surface area contributed by atoms with Crippen LogP contribution in [0, 0.1) is 0 Å². The molecule has 0 aromatic heterocycles. The van der Waals surface area contributed by atoms with Gasteiger partial charge >= 0.3 is 5.97 Å². The molecule has 0 saturated carbocycles. The van der Waals surface area contributed by atoms with E-state index in [9.17, 15) is 19.2 Å². The summed E-state index contributed by atoms with van der Waals surface area (Å²) in [7, 11) is 5.56. The van der Waals surface area contributed by atoms with Crippen molar-refractivity contribution in [1.82, 2.24) is 4.90 Å². The Morgan fingerprint density at radius 3 is 1.91 bits per heavy atom. The highest BCUT2D eigenvalue weighted by Gasteiger charge is 2.36. The molecule has 0 bridgehead atoms. The van der Waals surface area contributed by atoms with Crippen LogP contribution < -0.4 is 9.80 Å². The monoisotopic (exact) mass is 471 g/mol. The molecule has 3 amide bonds. The zero-order valence-corrected chi connectivity index (χ0v) is 19.7. The van der Waals surface area contributed by atoms with Crippen LogP contribution in [0.2, 0.25) is 0 Å². The minimum absolute atomic E-state index is 0.208. The maximum absolute atomic E-state index is 12.6. The summed E-state index contributed by atoms with van der Waals surface area (Å²) in [6, 6.07) is 20.4. The lowest BCUT2D eigenvalue weighted by Gasteiger charge is -2.18. The first kappa shape index (κ1) is 23.7. The van der Waals surface area contributed by atoms with Gasteiger partial charge in [0.15, 0.2) is 6.61 Å². The summed E-state index contributed by atoms with van der Waals surface area (Å²) in [5.74, 6) is -1.83. The van der Waals surface area contributed by atoms with Crippen LogP contribution in [0.25, 0.3) is 0 Å². The van der Waals surface area contributed by atoms with Gasteiger partial charge in [-0.3, -0.25) is 14.4 Å². The largest absolute Gasteiger partial charge is 0.452 e. The Morgan fingerprint density at radius 2 is 1.37 bits per heavy atom. The number of hydrogen-bond donors (Lipinski definition) is 0. The number of carbonyl (C=O) groups is 4. The number of fused-ring (bicyclic) bond motifs is 1. The number of nitrogens with zero attached hydrogens (tertiary/aromatic N) is 3. The summed E-state index contributed by atoms with van der Waals surface area (Å²) in [5, 5.41) is 0. The average Bonchev–Trinajstić information content (AvgIpc) is 3.12. The van der Waals surface area contributed by atoms with Crippen molar-refractivity contribution in [2.45, 2.75) is 6.54 Å². The van der Waals surface area contributed by atoms with Crippen molar-refractivity contribution in [2.24, 2.45) is 0 Å². The van der Waals surface area contributed by atoms with Crippen LogP contribution in [0.3, 0.4) is 0 Å². The fourth-order valence-corrected chi connectivity index (χ4v) is 3.75.